The lowest BCUT2D eigenvalue weighted by atomic mass is 10.2. The quantitative estimate of drug-likeness (QED) is 0.772. The first-order valence-corrected chi connectivity index (χ1v) is 5.67. The molecular formula is C10H13BrN2O. The minimum atomic E-state index is 0.0642. The van der Waals surface area contributed by atoms with Crippen molar-refractivity contribution in [3.05, 3.63) is 30.1 Å². The number of alkyl halides is 1. The number of halogens is 1. The molecule has 0 fully saturated rings. The van der Waals surface area contributed by atoms with E-state index in [1.807, 2.05) is 6.92 Å². The second kappa shape index (κ2) is 5.75. The predicted molar refractivity (Wildman–Crippen MR) is 59.6 cm³/mol. The molecule has 0 atom stereocenters. The number of hydrogen-bond donors (Lipinski definition) is 0. The number of carbonyl (C=O) groups is 1. The summed E-state index contributed by atoms with van der Waals surface area (Å²) in [6.45, 7) is 3.44. The summed E-state index contributed by atoms with van der Waals surface area (Å²) in [5.74, 6) is 0.0642. The Balaban J connectivity index is 2.73. The molecule has 1 amide bonds. The second-order valence-electron chi connectivity index (χ2n) is 2.81. The van der Waals surface area contributed by atoms with Gasteiger partial charge in [-0.3, -0.25) is 9.78 Å². The van der Waals surface area contributed by atoms with Crippen molar-refractivity contribution in [2.75, 3.05) is 18.4 Å². The van der Waals surface area contributed by atoms with Gasteiger partial charge in [-0.05, 0) is 19.1 Å². The molecule has 0 spiro atoms. The normalized spacial score (nSPS) is 9.86. The van der Waals surface area contributed by atoms with Crippen LogP contribution in [0, 0.1) is 0 Å². The van der Waals surface area contributed by atoms with Crippen molar-refractivity contribution in [2.24, 2.45) is 0 Å². The van der Waals surface area contributed by atoms with E-state index in [0.717, 1.165) is 18.4 Å². The maximum absolute atomic E-state index is 11.8. The summed E-state index contributed by atoms with van der Waals surface area (Å²) >= 11 is 3.33. The van der Waals surface area contributed by atoms with Crippen molar-refractivity contribution in [3.8, 4) is 0 Å². The van der Waals surface area contributed by atoms with Gasteiger partial charge in [-0.15, -0.1) is 0 Å². The van der Waals surface area contributed by atoms with Crippen LogP contribution in [0.15, 0.2) is 24.5 Å². The first-order valence-electron chi connectivity index (χ1n) is 4.54. The maximum Gasteiger partial charge on any atom is 0.253 e. The number of nitrogens with zero attached hydrogens (tertiary/aromatic N) is 2. The molecule has 0 bridgehead atoms. The van der Waals surface area contributed by atoms with E-state index < -0.39 is 0 Å². The molecule has 4 heteroatoms. The fourth-order valence-electron chi connectivity index (χ4n) is 1.18. The molecule has 0 unspecified atom stereocenters. The Bertz CT molecular complexity index is 289. The average Bonchev–Trinajstić information content (AvgIpc) is 2.26. The van der Waals surface area contributed by atoms with Crippen LogP contribution in [0.4, 0.5) is 0 Å². The maximum atomic E-state index is 11.8. The third kappa shape index (κ3) is 2.80. The van der Waals surface area contributed by atoms with E-state index in [1.54, 1.807) is 29.4 Å². The highest BCUT2D eigenvalue weighted by atomic mass is 79.9. The number of aromatic nitrogens is 1. The number of rotatable bonds is 4. The molecule has 14 heavy (non-hydrogen) atoms. The summed E-state index contributed by atoms with van der Waals surface area (Å²) in [7, 11) is 0. The fraction of sp³-hybridized carbons (Fsp3) is 0.400. The van der Waals surface area contributed by atoms with Crippen molar-refractivity contribution in [2.45, 2.75) is 6.92 Å². The molecule has 1 aromatic heterocycles. The molecule has 0 N–H and O–H groups in total. The monoisotopic (exact) mass is 256 g/mol. The molecular weight excluding hydrogens is 244 g/mol. The van der Waals surface area contributed by atoms with Crippen molar-refractivity contribution in [3.63, 3.8) is 0 Å². The molecule has 76 valence electrons. The molecule has 1 heterocycles. The summed E-state index contributed by atoms with van der Waals surface area (Å²) in [6, 6.07) is 3.47. The van der Waals surface area contributed by atoms with Crippen LogP contribution in [-0.2, 0) is 0 Å². The van der Waals surface area contributed by atoms with Gasteiger partial charge in [-0.25, -0.2) is 0 Å². The Labute approximate surface area is 92.3 Å². The molecule has 3 nitrogen and oxygen atoms in total. The van der Waals surface area contributed by atoms with Crippen LogP contribution >= 0.6 is 15.9 Å². The summed E-state index contributed by atoms with van der Waals surface area (Å²) in [4.78, 5) is 17.5. The van der Waals surface area contributed by atoms with Gasteiger partial charge in [0.15, 0.2) is 0 Å². The first kappa shape index (κ1) is 11.2. The predicted octanol–water partition coefficient (Wildman–Crippen LogP) is 1.94. The lowest BCUT2D eigenvalue weighted by molar-refractivity contribution is 0.0775. The van der Waals surface area contributed by atoms with Crippen molar-refractivity contribution < 1.29 is 4.79 Å². The summed E-state index contributed by atoms with van der Waals surface area (Å²) in [5, 5.41) is 0.803. The molecule has 0 radical (unpaired) electrons. The highest BCUT2D eigenvalue weighted by molar-refractivity contribution is 9.09. The molecule has 1 rings (SSSR count). The Morgan fingerprint density at radius 1 is 1.50 bits per heavy atom. The van der Waals surface area contributed by atoms with E-state index in [-0.39, 0.29) is 5.91 Å². The lowest BCUT2D eigenvalue weighted by Gasteiger charge is -2.19. The minimum absolute atomic E-state index is 0.0642. The minimum Gasteiger partial charge on any atom is -0.338 e. The zero-order chi connectivity index (χ0) is 10.4. The van der Waals surface area contributed by atoms with Gasteiger partial charge in [0.05, 0.1) is 0 Å². The molecule has 0 aromatic carbocycles. The zero-order valence-electron chi connectivity index (χ0n) is 8.11. The largest absolute Gasteiger partial charge is 0.338 e. The van der Waals surface area contributed by atoms with Gasteiger partial charge in [-0.1, -0.05) is 15.9 Å². The van der Waals surface area contributed by atoms with E-state index in [0.29, 0.717) is 5.56 Å². The van der Waals surface area contributed by atoms with Crippen LogP contribution in [-0.4, -0.2) is 34.2 Å². The van der Waals surface area contributed by atoms with Crippen LogP contribution in [0.25, 0.3) is 0 Å². The van der Waals surface area contributed by atoms with Crippen molar-refractivity contribution in [1.29, 1.82) is 0 Å². The van der Waals surface area contributed by atoms with Gasteiger partial charge >= 0.3 is 0 Å². The van der Waals surface area contributed by atoms with E-state index in [1.165, 1.54) is 0 Å². The van der Waals surface area contributed by atoms with Crippen molar-refractivity contribution >= 4 is 21.8 Å². The Kier molecular flexibility index (Phi) is 4.59. The Morgan fingerprint density at radius 2 is 2.14 bits per heavy atom. The molecule has 1 aromatic rings. The average molecular weight is 257 g/mol. The van der Waals surface area contributed by atoms with Crippen LogP contribution in [0.2, 0.25) is 0 Å². The smallest absolute Gasteiger partial charge is 0.253 e. The lowest BCUT2D eigenvalue weighted by Crippen LogP contribution is -2.32. The summed E-state index contributed by atoms with van der Waals surface area (Å²) in [5.41, 5.74) is 0.697. The number of pyridine rings is 1. The molecule has 0 saturated carbocycles. The zero-order valence-corrected chi connectivity index (χ0v) is 9.70. The van der Waals surface area contributed by atoms with Gasteiger partial charge in [0.2, 0.25) is 0 Å². The van der Waals surface area contributed by atoms with E-state index in [9.17, 15) is 4.79 Å². The standard InChI is InChI=1S/C10H13BrN2O/c1-2-13(8-5-11)10(14)9-3-6-12-7-4-9/h3-4,6-7H,2,5,8H2,1H3. The van der Waals surface area contributed by atoms with E-state index >= 15 is 0 Å². The number of carbonyl (C=O) groups excluding carboxylic acids is 1. The summed E-state index contributed by atoms with van der Waals surface area (Å²) < 4.78 is 0. The highest BCUT2D eigenvalue weighted by Gasteiger charge is 2.12. The topological polar surface area (TPSA) is 33.2 Å². The summed E-state index contributed by atoms with van der Waals surface area (Å²) in [6.07, 6.45) is 3.27. The van der Waals surface area contributed by atoms with Crippen LogP contribution in [0.5, 0.6) is 0 Å². The molecule has 0 aliphatic rings. The number of hydrogen-bond acceptors (Lipinski definition) is 2. The Morgan fingerprint density at radius 3 is 2.64 bits per heavy atom. The van der Waals surface area contributed by atoms with Gasteiger partial charge < -0.3 is 4.90 Å². The van der Waals surface area contributed by atoms with E-state index in [2.05, 4.69) is 20.9 Å². The molecule has 0 saturated heterocycles. The SMILES string of the molecule is CCN(CCBr)C(=O)c1ccncc1. The highest BCUT2D eigenvalue weighted by Crippen LogP contribution is 2.03. The van der Waals surface area contributed by atoms with Crippen LogP contribution < -0.4 is 0 Å². The van der Waals surface area contributed by atoms with Gasteiger partial charge in [-0.2, -0.15) is 0 Å². The van der Waals surface area contributed by atoms with Crippen LogP contribution in [0.1, 0.15) is 17.3 Å². The van der Waals surface area contributed by atoms with Gasteiger partial charge in [0.25, 0.3) is 5.91 Å². The van der Waals surface area contributed by atoms with Crippen molar-refractivity contribution in [1.82, 2.24) is 9.88 Å². The van der Waals surface area contributed by atoms with Gasteiger partial charge in [0.1, 0.15) is 0 Å². The van der Waals surface area contributed by atoms with E-state index in [4.69, 9.17) is 0 Å². The van der Waals surface area contributed by atoms with Gasteiger partial charge in [0, 0.05) is 36.4 Å². The second-order valence-corrected chi connectivity index (χ2v) is 3.60. The Hall–Kier alpha value is -0.900. The number of amides is 1. The molecule has 0 aliphatic heterocycles. The fourth-order valence-corrected chi connectivity index (χ4v) is 1.61. The molecule has 0 aliphatic carbocycles. The third-order valence-corrected chi connectivity index (χ3v) is 2.31. The van der Waals surface area contributed by atoms with Crippen LogP contribution in [0.3, 0.4) is 0 Å². The third-order valence-electron chi connectivity index (χ3n) is 1.95. The first-order chi connectivity index (χ1) is 6.79.